The van der Waals surface area contributed by atoms with Crippen LogP contribution in [0.2, 0.25) is 5.02 Å². The smallest absolute Gasteiger partial charge is 0.258 e. The van der Waals surface area contributed by atoms with Crippen LogP contribution in [0.15, 0.2) is 47.3 Å². The fourth-order valence-electron chi connectivity index (χ4n) is 2.79. The summed E-state index contributed by atoms with van der Waals surface area (Å²) in [6.07, 6.45) is 0. The van der Waals surface area contributed by atoms with Crippen molar-refractivity contribution < 1.29 is 9.18 Å². The molecular formula is C20H20ClFN4O2. The topological polar surface area (TPSA) is 78.1 Å². The third-order valence-corrected chi connectivity index (χ3v) is 4.54. The molecular weight excluding hydrogens is 383 g/mol. The molecule has 0 aliphatic rings. The molecule has 1 heterocycles. The van der Waals surface area contributed by atoms with Gasteiger partial charge in [-0.2, -0.15) is 0 Å². The van der Waals surface area contributed by atoms with Crippen LogP contribution in [0.25, 0.3) is 10.9 Å². The number of aromatic nitrogens is 2. The minimum absolute atomic E-state index is 0.153. The van der Waals surface area contributed by atoms with Gasteiger partial charge in [-0.1, -0.05) is 30.7 Å². The predicted molar refractivity (Wildman–Crippen MR) is 107 cm³/mol. The molecule has 0 bridgehead atoms. The Morgan fingerprint density at radius 2 is 2.00 bits per heavy atom. The summed E-state index contributed by atoms with van der Waals surface area (Å²) in [5.74, 6) is 0.000448. The van der Waals surface area contributed by atoms with Gasteiger partial charge in [-0.3, -0.25) is 14.5 Å². The quantitative estimate of drug-likeness (QED) is 0.637. The van der Waals surface area contributed by atoms with E-state index in [0.29, 0.717) is 41.4 Å². The van der Waals surface area contributed by atoms with E-state index < -0.39 is 0 Å². The Hall–Kier alpha value is -2.77. The number of carbonyl (C=O) groups is 1. The average molecular weight is 403 g/mol. The van der Waals surface area contributed by atoms with Crippen molar-refractivity contribution in [2.24, 2.45) is 0 Å². The number of halogens is 2. The van der Waals surface area contributed by atoms with Crippen LogP contribution < -0.4 is 10.9 Å². The Bertz CT molecular complexity index is 1040. The van der Waals surface area contributed by atoms with Gasteiger partial charge in [-0.05, 0) is 42.4 Å². The second kappa shape index (κ2) is 8.95. The summed E-state index contributed by atoms with van der Waals surface area (Å²) in [4.78, 5) is 33.5. The van der Waals surface area contributed by atoms with Crippen molar-refractivity contribution in [1.82, 2.24) is 20.2 Å². The van der Waals surface area contributed by atoms with Crippen LogP contribution in [0.3, 0.4) is 0 Å². The van der Waals surface area contributed by atoms with Crippen LogP contribution in [0.5, 0.6) is 0 Å². The number of hydrogen-bond donors (Lipinski definition) is 2. The Morgan fingerprint density at radius 1 is 1.25 bits per heavy atom. The van der Waals surface area contributed by atoms with E-state index in [0.717, 1.165) is 5.56 Å². The summed E-state index contributed by atoms with van der Waals surface area (Å²) >= 11 is 5.92. The number of amides is 1. The van der Waals surface area contributed by atoms with Gasteiger partial charge in [0.25, 0.3) is 5.56 Å². The molecule has 3 rings (SSSR count). The highest BCUT2D eigenvalue weighted by molar-refractivity contribution is 6.31. The zero-order valence-corrected chi connectivity index (χ0v) is 16.1. The molecule has 146 valence electrons. The van der Waals surface area contributed by atoms with Crippen molar-refractivity contribution in [3.63, 3.8) is 0 Å². The largest absolute Gasteiger partial charge is 0.351 e. The fourth-order valence-corrected chi connectivity index (χ4v) is 2.96. The molecule has 3 aromatic rings. The van der Waals surface area contributed by atoms with E-state index in [1.807, 2.05) is 11.8 Å². The number of nitrogens with zero attached hydrogens (tertiary/aromatic N) is 2. The molecule has 0 atom stereocenters. The first kappa shape index (κ1) is 20.0. The molecule has 6 nitrogen and oxygen atoms in total. The maximum absolute atomic E-state index is 12.9. The summed E-state index contributed by atoms with van der Waals surface area (Å²) in [6, 6.07) is 10.9. The van der Waals surface area contributed by atoms with E-state index in [1.165, 1.54) is 12.1 Å². The number of H-pyrrole nitrogens is 1. The number of rotatable bonds is 7. The Balaban J connectivity index is 1.62. The van der Waals surface area contributed by atoms with Gasteiger partial charge < -0.3 is 10.3 Å². The summed E-state index contributed by atoms with van der Waals surface area (Å²) in [5, 5.41) is 3.71. The normalized spacial score (nSPS) is 11.1. The van der Waals surface area contributed by atoms with Crippen LogP contribution in [-0.4, -0.2) is 33.9 Å². The highest BCUT2D eigenvalue weighted by atomic mass is 35.5. The van der Waals surface area contributed by atoms with Crippen molar-refractivity contribution in [2.75, 3.05) is 13.1 Å². The first-order valence-corrected chi connectivity index (χ1v) is 9.24. The molecule has 0 saturated heterocycles. The van der Waals surface area contributed by atoms with E-state index in [1.54, 1.807) is 30.3 Å². The van der Waals surface area contributed by atoms with E-state index in [-0.39, 0.29) is 23.8 Å². The molecule has 0 unspecified atom stereocenters. The third-order valence-electron chi connectivity index (χ3n) is 4.31. The lowest BCUT2D eigenvalue weighted by molar-refractivity contribution is -0.122. The van der Waals surface area contributed by atoms with E-state index in [4.69, 9.17) is 11.6 Å². The summed E-state index contributed by atoms with van der Waals surface area (Å²) in [6.45, 7) is 3.33. The van der Waals surface area contributed by atoms with Gasteiger partial charge in [-0.15, -0.1) is 0 Å². The van der Waals surface area contributed by atoms with Crippen molar-refractivity contribution in [2.45, 2.75) is 20.0 Å². The standard InChI is InChI=1S/C20H20ClFN4O2/c1-2-26(12-19(27)23-10-13-3-6-15(22)7-4-13)11-18-24-17-8-5-14(21)9-16(17)20(28)25-18/h3-9H,2,10-12H2,1H3,(H,23,27)(H,24,25,28). The van der Waals surface area contributed by atoms with Gasteiger partial charge in [0.05, 0.1) is 24.0 Å². The SMILES string of the molecule is CCN(CC(=O)NCc1ccc(F)cc1)Cc1nc2ccc(Cl)cc2c(=O)[nH]1. The molecule has 1 amide bonds. The van der Waals surface area contributed by atoms with Crippen LogP contribution in [0, 0.1) is 5.82 Å². The van der Waals surface area contributed by atoms with E-state index in [9.17, 15) is 14.0 Å². The lowest BCUT2D eigenvalue weighted by Crippen LogP contribution is -2.37. The third kappa shape index (κ3) is 5.15. The molecule has 0 spiro atoms. The lowest BCUT2D eigenvalue weighted by atomic mass is 10.2. The molecule has 0 aliphatic carbocycles. The summed E-state index contributed by atoms with van der Waals surface area (Å²) < 4.78 is 12.9. The number of aromatic amines is 1. The maximum Gasteiger partial charge on any atom is 0.258 e. The molecule has 2 N–H and O–H groups in total. The fraction of sp³-hybridized carbons (Fsp3) is 0.250. The van der Waals surface area contributed by atoms with Gasteiger partial charge in [0, 0.05) is 11.6 Å². The summed E-state index contributed by atoms with van der Waals surface area (Å²) in [5.41, 5.74) is 1.11. The predicted octanol–water partition coefficient (Wildman–Crippen LogP) is 2.85. The second-order valence-corrected chi connectivity index (χ2v) is 6.82. The second-order valence-electron chi connectivity index (χ2n) is 6.38. The van der Waals surface area contributed by atoms with E-state index >= 15 is 0 Å². The van der Waals surface area contributed by atoms with Gasteiger partial charge in [0.1, 0.15) is 11.6 Å². The van der Waals surface area contributed by atoms with Crippen molar-refractivity contribution in [1.29, 1.82) is 0 Å². The van der Waals surface area contributed by atoms with Crippen LogP contribution in [0.1, 0.15) is 18.3 Å². The minimum Gasteiger partial charge on any atom is -0.351 e. The number of fused-ring (bicyclic) bond motifs is 1. The zero-order valence-electron chi connectivity index (χ0n) is 15.3. The Morgan fingerprint density at radius 3 is 2.71 bits per heavy atom. The first-order chi connectivity index (χ1) is 13.4. The van der Waals surface area contributed by atoms with Gasteiger partial charge in [0.2, 0.25) is 5.91 Å². The van der Waals surface area contributed by atoms with Gasteiger partial charge >= 0.3 is 0 Å². The first-order valence-electron chi connectivity index (χ1n) is 8.86. The number of carbonyl (C=O) groups excluding carboxylic acids is 1. The monoisotopic (exact) mass is 402 g/mol. The molecule has 8 heteroatoms. The molecule has 0 radical (unpaired) electrons. The molecule has 0 fully saturated rings. The highest BCUT2D eigenvalue weighted by Gasteiger charge is 2.12. The summed E-state index contributed by atoms with van der Waals surface area (Å²) in [7, 11) is 0. The average Bonchev–Trinajstić information content (AvgIpc) is 2.67. The minimum atomic E-state index is -0.314. The molecule has 0 saturated carbocycles. The number of likely N-dealkylation sites (N-methyl/N-ethyl adjacent to an activating group) is 1. The number of hydrogen-bond acceptors (Lipinski definition) is 4. The lowest BCUT2D eigenvalue weighted by Gasteiger charge is -2.19. The molecule has 28 heavy (non-hydrogen) atoms. The van der Waals surface area contributed by atoms with E-state index in [2.05, 4.69) is 15.3 Å². The zero-order chi connectivity index (χ0) is 20.1. The van der Waals surface area contributed by atoms with Crippen molar-refractivity contribution in [3.8, 4) is 0 Å². The van der Waals surface area contributed by atoms with Crippen LogP contribution in [-0.2, 0) is 17.9 Å². The Labute approximate surface area is 166 Å². The van der Waals surface area contributed by atoms with Crippen molar-refractivity contribution in [3.05, 3.63) is 75.0 Å². The van der Waals surface area contributed by atoms with Crippen LogP contribution in [0.4, 0.5) is 4.39 Å². The van der Waals surface area contributed by atoms with Crippen LogP contribution >= 0.6 is 11.6 Å². The molecule has 0 aliphatic heterocycles. The Kier molecular flexibility index (Phi) is 6.38. The van der Waals surface area contributed by atoms with Gasteiger partial charge in [-0.25, -0.2) is 9.37 Å². The maximum atomic E-state index is 12.9. The van der Waals surface area contributed by atoms with Gasteiger partial charge in [0.15, 0.2) is 0 Å². The molecule has 2 aromatic carbocycles. The number of nitrogens with one attached hydrogen (secondary N) is 2. The number of benzene rings is 2. The molecule has 1 aromatic heterocycles. The van der Waals surface area contributed by atoms with Crippen molar-refractivity contribution >= 4 is 28.4 Å². The highest BCUT2D eigenvalue weighted by Crippen LogP contribution is 2.14.